The minimum Gasteiger partial charge on any atom is -0.712 e. The summed E-state index contributed by atoms with van der Waals surface area (Å²) < 4.78 is 35.3. The summed E-state index contributed by atoms with van der Waals surface area (Å²) >= 11 is 0. The SMILES string of the molecule is CC(C)CCOc1ccc(C[S+]=S(=O)([O-])O)cc1. The molecule has 1 N–H and O–H groups in total. The summed E-state index contributed by atoms with van der Waals surface area (Å²) in [6.07, 6.45) is 1.00. The molecule has 1 rings (SSSR count). The molecular weight excluding hydrogens is 272 g/mol. The second-order valence-electron chi connectivity index (χ2n) is 4.36. The van der Waals surface area contributed by atoms with Gasteiger partial charge in [0.2, 0.25) is 5.75 Å². The second kappa shape index (κ2) is 7.04. The van der Waals surface area contributed by atoms with Crippen LogP contribution in [0.25, 0.3) is 0 Å². The van der Waals surface area contributed by atoms with E-state index in [1.165, 1.54) is 0 Å². The normalized spacial score (nSPS) is 14.3. The molecule has 1 atom stereocenters. The molecular formula is C12H18O4S2. The maximum Gasteiger partial charge on any atom is 0.257 e. The van der Waals surface area contributed by atoms with Crippen molar-refractivity contribution in [1.29, 1.82) is 0 Å². The van der Waals surface area contributed by atoms with Crippen molar-refractivity contribution in [2.45, 2.75) is 26.0 Å². The average Bonchev–Trinajstić information content (AvgIpc) is 2.26. The summed E-state index contributed by atoms with van der Waals surface area (Å²) in [5.41, 5.74) is 0.828. The van der Waals surface area contributed by atoms with E-state index in [2.05, 4.69) is 13.8 Å². The topological polar surface area (TPSA) is 69.6 Å². The fourth-order valence-electron chi connectivity index (χ4n) is 1.24. The monoisotopic (exact) mass is 290 g/mol. The lowest BCUT2D eigenvalue weighted by atomic mass is 10.1. The molecule has 0 bridgehead atoms. The molecule has 0 fully saturated rings. The Bertz CT molecular complexity index is 465. The molecule has 0 amide bonds. The zero-order valence-electron chi connectivity index (χ0n) is 10.5. The molecule has 0 aliphatic carbocycles. The van der Waals surface area contributed by atoms with Crippen LogP contribution in [-0.2, 0) is 25.1 Å². The third-order valence-electron chi connectivity index (χ3n) is 2.26. The largest absolute Gasteiger partial charge is 0.712 e. The van der Waals surface area contributed by atoms with Gasteiger partial charge in [-0.05, 0) is 24.5 Å². The van der Waals surface area contributed by atoms with Gasteiger partial charge in [-0.25, -0.2) is 0 Å². The Morgan fingerprint density at radius 2 is 2.00 bits per heavy atom. The molecule has 1 aromatic rings. The fraction of sp³-hybridized carbons (Fsp3) is 0.500. The van der Waals surface area contributed by atoms with Crippen molar-refractivity contribution in [1.82, 2.24) is 0 Å². The predicted molar refractivity (Wildman–Crippen MR) is 74.0 cm³/mol. The third kappa shape index (κ3) is 6.90. The van der Waals surface area contributed by atoms with Gasteiger partial charge in [-0.15, -0.1) is 0 Å². The molecule has 0 saturated carbocycles. The highest BCUT2D eigenvalue weighted by Crippen LogP contribution is 2.13. The third-order valence-corrected chi connectivity index (χ3v) is 4.26. The van der Waals surface area contributed by atoms with Gasteiger partial charge >= 0.3 is 0 Å². The van der Waals surface area contributed by atoms with E-state index in [1.54, 1.807) is 24.3 Å². The first-order chi connectivity index (χ1) is 8.37. The fourth-order valence-corrected chi connectivity index (χ4v) is 2.57. The van der Waals surface area contributed by atoms with Crippen LogP contribution in [0.2, 0.25) is 0 Å². The summed E-state index contributed by atoms with van der Waals surface area (Å²) in [5, 5.41) is 0. The summed E-state index contributed by atoms with van der Waals surface area (Å²) in [4.78, 5) is 0. The number of hydrogen-bond acceptors (Lipinski definition) is 3. The summed E-state index contributed by atoms with van der Waals surface area (Å²) in [6, 6.07) is 7.20. The Kier molecular flexibility index (Phi) is 6.01. The molecule has 0 spiro atoms. The van der Waals surface area contributed by atoms with Gasteiger partial charge in [-0.1, -0.05) is 26.0 Å². The summed E-state index contributed by atoms with van der Waals surface area (Å²) in [7, 11) is -3.47. The molecule has 0 aliphatic rings. The molecule has 1 aromatic carbocycles. The molecule has 6 heteroatoms. The highest BCUT2D eigenvalue weighted by Gasteiger charge is 2.04. The molecule has 1 unspecified atom stereocenters. The van der Waals surface area contributed by atoms with Crippen LogP contribution in [0.5, 0.6) is 5.75 Å². The van der Waals surface area contributed by atoms with E-state index in [-0.39, 0.29) is 5.75 Å². The van der Waals surface area contributed by atoms with E-state index >= 15 is 0 Å². The minimum atomic E-state index is -3.97. The molecule has 102 valence electrons. The number of ether oxygens (including phenoxy) is 1. The maximum absolute atomic E-state index is 10.6. The summed E-state index contributed by atoms with van der Waals surface area (Å²) in [5.74, 6) is 1.61. The Balaban J connectivity index is 2.50. The van der Waals surface area contributed by atoms with Crippen molar-refractivity contribution in [2.75, 3.05) is 6.61 Å². The molecule has 0 heterocycles. The zero-order valence-corrected chi connectivity index (χ0v) is 12.1. The van der Waals surface area contributed by atoms with Crippen LogP contribution in [0.1, 0.15) is 25.8 Å². The van der Waals surface area contributed by atoms with E-state index in [1.807, 2.05) is 0 Å². The van der Waals surface area contributed by atoms with E-state index in [9.17, 15) is 8.76 Å². The van der Waals surface area contributed by atoms with Crippen molar-refractivity contribution in [3.63, 3.8) is 0 Å². The van der Waals surface area contributed by atoms with Gasteiger partial charge in [-0.3, -0.25) is 4.55 Å². The second-order valence-corrected chi connectivity index (χ2v) is 7.72. The van der Waals surface area contributed by atoms with Gasteiger partial charge in [0, 0.05) is 5.56 Å². The van der Waals surface area contributed by atoms with Crippen LogP contribution in [0, 0.1) is 5.92 Å². The van der Waals surface area contributed by atoms with Crippen LogP contribution < -0.4 is 4.74 Å². The highest BCUT2D eigenvalue weighted by molar-refractivity contribution is 8.33. The first-order valence-corrected chi connectivity index (χ1v) is 8.64. The average molecular weight is 290 g/mol. The standard InChI is InChI=1S/C12H18O4S2/c1-10(2)7-8-16-12-5-3-11(4-6-12)9-17-18(13,14)15/h3-6,10H,7-9H2,1-2H3,(H-,13,14,15). The van der Waals surface area contributed by atoms with Crippen LogP contribution in [-0.4, -0.2) is 19.9 Å². The first kappa shape index (κ1) is 15.4. The van der Waals surface area contributed by atoms with Crippen molar-refractivity contribution >= 4 is 19.4 Å². The quantitative estimate of drug-likeness (QED) is 0.817. The highest BCUT2D eigenvalue weighted by atomic mass is 32.9. The molecule has 4 nitrogen and oxygen atoms in total. The Hall–Kier alpha value is -0.690. The van der Waals surface area contributed by atoms with Crippen molar-refractivity contribution < 1.29 is 18.1 Å². The van der Waals surface area contributed by atoms with Crippen LogP contribution >= 0.6 is 0 Å². The number of benzene rings is 1. The molecule has 0 aromatic heterocycles. The van der Waals surface area contributed by atoms with Crippen LogP contribution in [0.3, 0.4) is 0 Å². The zero-order chi connectivity index (χ0) is 13.6. The lowest BCUT2D eigenvalue weighted by Gasteiger charge is -2.07. The van der Waals surface area contributed by atoms with Crippen molar-refractivity contribution in [2.24, 2.45) is 5.92 Å². The minimum absolute atomic E-state index is 0.227. The first-order valence-electron chi connectivity index (χ1n) is 5.70. The molecule has 18 heavy (non-hydrogen) atoms. The smallest absolute Gasteiger partial charge is 0.257 e. The van der Waals surface area contributed by atoms with Gasteiger partial charge in [0.15, 0.2) is 0 Å². The summed E-state index contributed by atoms with van der Waals surface area (Å²) in [6.45, 7) is 4.95. The number of hydrogen-bond donors (Lipinski definition) is 1. The van der Waals surface area contributed by atoms with E-state index in [0.717, 1.165) is 17.7 Å². The van der Waals surface area contributed by atoms with Crippen LogP contribution in [0.15, 0.2) is 24.3 Å². The molecule has 0 aliphatic heterocycles. The van der Waals surface area contributed by atoms with Gasteiger partial charge in [0.1, 0.15) is 5.75 Å². The molecule has 0 radical (unpaired) electrons. The number of rotatable bonds is 6. The van der Waals surface area contributed by atoms with Gasteiger partial charge < -0.3 is 9.29 Å². The van der Waals surface area contributed by atoms with Crippen LogP contribution in [0.4, 0.5) is 0 Å². The van der Waals surface area contributed by atoms with Gasteiger partial charge in [0.05, 0.1) is 6.61 Å². The van der Waals surface area contributed by atoms with Gasteiger partial charge in [-0.2, -0.15) is 4.21 Å². The predicted octanol–water partition coefficient (Wildman–Crippen LogP) is 2.50. The maximum atomic E-state index is 10.6. The van der Waals surface area contributed by atoms with E-state index in [0.29, 0.717) is 22.8 Å². The Morgan fingerprint density at radius 3 is 2.50 bits per heavy atom. The van der Waals surface area contributed by atoms with E-state index in [4.69, 9.17) is 9.29 Å². The Labute approximate surface area is 112 Å². The van der Waals surface area contributed by atoms with Crippen molar-refractivity contribution in [3.8, 4) is 5.75 Å². The molecule has 0 saturated heterocycles. The lowest BCUT2D eigenvalue weighted by molar-refractivity contribution is 0.289. The Morgan fingerprint density at radius 1 is 1.39 bits per heavy atom. The van der Waals surface area contributed by atoms with Gasteiger partial charge in [0.25, 0.3) is 19.4 Å². The van der Waals surface area contributed by atoms with E-state index < -0.39 is 9.05 Å². The van der Waals surface area contributed by atoms with Crippen molar-refractivity contribution in [3.05, 3.63) is 29.8 Å². The lowest BCUT2D eigenvalue weighted by Crippen LogP contribution is -2.01.